The maximum atomic E-state index is 13.2. The lowest BCUT2D eigenvalue weighted by Crippen LogP contribution is -2.29. The quantitative estimate of drug-likeness (QED) is 0.298. The lowest BCUT2D eigenvalue weighted by atomic mass is 9.94. The Bertz CT molecular complexity index is 1270. The summed E-state index contributed by atoms with van der Waals surface area (Å²) in [6.07, 6.45) is 1.48. The summed E-state index contributed by atoms with van der Waals surface area (Å²) in [5.74, 6) is -0.464. The third-order valence-corrected chi connectivity index (χ3v) is 5.88. The van der Waals surface area contributed by atoms with Crippen LogP contribution >= 0.6 is 11.6 Å². The number of rotatable bonds is 7. The molecular weight excluding hydrogens is 462 g/mol. The average molecular weight is 484 g/mol. The van der Waals surface area contributed by atoms with Crippen LogP contribution in [0.1, 0.15) is 22.9 Å². The van der Waals surface area contributed by atoms with E-state index in [1.54, 1.807) is 36.4 Å². The Morgan fingerprint density at radius 3 is 2.44 bits per heavy atom. The monoisotopic (exact) mass is 483 g/mol. The third-order valence-electron chi connectivity index (χ3n) is 5.58. The first-order valence-corrected chi connectivity index (χ1v) is 10.6. The SMILES string of the molecule is COc1cccc(C2/C(=C(\O)c3cc(Cl)c(OC)cc3OC)C(=O)C(=O)N2Cc2ccco2)c1. The van der Waals surface area contributed by atoms with Crippen LogP contribution < -0.4 is 14.2 Å². The Hall–Kier alpha value is -3.91. The summed E-state index contributed by atoms with van der Waals surface area (Å²) in [6, 6.07) is 12.3. The fraction of sp³-hybridized carbons (Fsp3) is 0.200. The number of ether oxygens (including phenoxy) is 3. The maximum Gasteiger partial charge on any atom is 0.296 e. The van der Waals surface area contributed by atoms with Crippen molar-refractivity contribution in [3.05, 3.63) is 82.3 Å². The standard InChI is InChI=1S/C25H22ClNO7/c1-31-15-7-4-6-14(10-15)22-21(24(29)25(30)27(22)13-16-8-5-9-34-16)23(28)17-11-18(26)20(33-3)12-19(17)32-2/h4-12,22,28H,13H2,1-3H3/b23-21+. The van der Waals surface area contributed by atoms with Gasteiger partial charge in [0, 0.05) is 6.07 Å². The van der Waals surface area contributed by atoms with Crippen LogP contribution in [0.5, 0.6) is 17.2 Å². The van der Waals surface area contributed by atoms with Crippen LogP contribution in [0.2, 0.25) is 5.02 Å². The van der Waals surface area contributed by atoms with E-state index in [-0.39, 0.29) is 28.5 Å². The average Bonchev–Trinajstić information content (AvgIpc) is 3.45. The minimum absolute atomic E-state index is 0.0245. The van der Waals surface area contributed by atoms with Crippen molar-refractivity contribution in [2.75, 3.05) is 21.3 Å². The minimum Gasteiger partial charge on any atom is -0.507 e. The van der Waals surface area contributed by atoms with Gasteiger partial charge >= 0.3 is 0 Å². The van der Waals surface area contributed by atoms with E-state index in [1.165, 1.54) is 44.6 Å². The van der Waals surface area contributed by atoms with Gasteiger partial charge in [-0.25, -0.2) is 0 Å². The summed E-state index contributed by atoms with van der Waals surface area (Å²) in [7, 11) is 4.38. The first-order chi connectivity index (χ1) is 16.4. The molecule has 4 rings (SSSR count). The molecule has 1 fully saturated rings. The van der Waals surface area contributed by atoms with Crippen molar-refractivity contribution in [3.63, 3.8) is 0 Å². The number of carbonyl (C=O) groups excluding carboxylic acids is 2. The molecule has 0 radical (unpaired) electrons. The number of methoxy groups -OCH3 is 3. The van der Waals surface area contributed by atoms with E-state index < -0.39 is 23.5 Å². The number of carbonyl (C=O) groups is 2. The van der Waals surface area contributed by atoms with Crippen LogP contribution in [0.3, 0.4) is 0 Å². The molecule has 8 nitrogen and oxygen atoms in total. The van der Waals surface area contributed by atoms with Crippen LogP contribution in [-0.4, -0.2) is 43.0 Å². The topological polar surface area (TPSA) is 98.4 Å². The first kappa shape index (κ1) is 23.3. The molecule has 0 saturated carbocycles. The number of hydrogen-bond donors (Lipinski definition) is 1. The molecule has 9 heteroatoms. The second-order valence-electron chi connectivity index (χ2n) is 7.47. The smallest absolute Gasteiger partial charge is 0.296 e. The number of likely N-dealkylation sites (tertiary alicyclic amines) is 1. The molecule has 2 aromatic carbocycles. The zero-order valence-corrected chi connectivity index (χ0v) is 19.5. The second-order valence-corrected chi connectivity index (χ2v) is 7.88. The Morgan fingerprint density at radius 1 is 1.03 bits per heavy atom. The number of ketones is 1. The van der Waals surface area contributed by atoms with Crippen molar-refractivity contribution in [2.24, 2.45) is 0 Å². The van der Waals surface area contributed by atoms with E-state index in [2.05, 4.69) is 0 Å². The molecule has 1 N–H and O–H groups in total. The molecule has 1 amide bonds. The molecule has 34 heavy (non-hydrogen) atoms. The normalized spacial score (nSPS) is 17.2. The van der Waals surface area contributed by atoms with Crippen molar-refractivity contribution in [2.45, 2.75) is 12.6 Å². The number of Topliss-reactive ketones (excluding diaryl/α,β-unsaturated/α-hetero) is 1. The van der Waals surface area contributed by atoms with Crippen LogP contribution in [0.25, 0.3) is 5.76 Å². The fourth-order valence-electron chi connectivity index (χ4n) is 3.96. The summed E-state index contributed by atoms with van der Waals surface area (Å²) in [4.78, 5) is 27.7. The highest BCUT2D eigenvalue weighted by molar-refractivity contribution is 6.46. The van der Waals surface area contributed by atoms with Crippen LogP contribution in [0, 0.1) is 0 Å². The predicted octanol–water partition coefficient (Wildman–Crippen LogP) is 4.58. The zero-order valence-electron chi connectivity index (χ0n) is 18.7. The van der Waals surface area contributed by atoms with Gasteiger partial charge in [-0.1, -0.05) is 23.7 Å². The predicted molar refractivity (Wildman–Crippen MR) is 124 cm³/mol. The number of benzene rings is 2. The van der Waals surface area contributed by atoms with E-state index in [4.69, 9.17) is 30.2 Å². The van der Waals surface area contributed by atoms with Crippen LogP contribution in [0.4, 0.5) is 0 Å². The van der Waals surface area contributed by atoms with Gasteiger partial charge in [0.2, 0.25) is 0 Å². The molecule has 1 atom stereocenters. The summed E-state index contributed by atoms with van der Waals surface area (Å²) in [6.45, 7) is 0.0245. The highest BCUT2D eigenvalue weighted by Gasteiger charge is 2.46. The summed E-state index contributed by atoms with van der Waals surface area (Å²) in [5, 5.41) is 11.6. The van der Waals surface area contributed by atoms with Gasteiger partial charge in [-0.3, -0.25) is 9.59 Å². The number of furan rings is 1. The Balaban J connectivity index is 1.93. The molecule has 1 aliphatic rings. The van der Waals surface area contributed by atoms with E-state index in [0.29, 0.717) is 22.8 Å². The third kappa shape index (κ3) is 4.08. The summed E-state index contributed by atoms with van der Waals surface area (Å²) in [5.41, 5.74) is 0.617. The van der Waals surface area contributed by atoms with E-state index in [0.717, 1.165) is 0 Å². The van der Waals surface area contributed by atoms with E-state index in [1.807, 2.05) is 0 Å². The highest BCUT2D eigenvalue weighted by atomic mass is 35.5. The van der Waals surface area contributed by atoms with Gasteiger partial charge in [-0.15, -0.1) is 0 Å². The van der Waals surface area contributed by atoms with E-state index in [9.17, 15) is 14.7 Å². The number of aliphatic hydroxyl groups is 1. The molecule has 0 aliphatic carbocycles. The summed E-state index contributed by atoms with van der Waals surface area (Å²) >= 11 is 6.29. The lowest BCUT2D eigenvalue weighted by molar-refractivity contribution is -0.140. The molecule has 2 heterocycles. The van der Waals surface area contributed by atoms with E-state index >= 15 is 0 Å². The molecule has 1 aliphatic heterocycles. The molecule has 176 valence electrons. The molecule has 1 unspecified atom stereocenters. The Morgan fingerprint density at radius 2 is 1.79 bits per heavy atom. The van der Waals surface area contributed by atoms with Crippen molar-refractivity contribution in [3.8, 4) is 17.2 Å². The first-order valence-electron chi connectivity index (χ1n) is 10.3. The fourth-order valence-corrected chi connectivity index (χ4v) is 4.20. The lowest BCUT2D eigenvalue weighted by Gasteiger charge is -2.25. The minimum atomic E-state index is -0.911. The maximum absolute atomic E-state index is 13.2. The van der Waals surface area contributed by atoms with Gasteiger partial charge in [-0.05, 0) is 35.9 Å². The number of nitrogens with zero attached hydrogens (tertiary/aromatic N) is 1. The van der Waals surface area contributed by atoms with Gasteiger partial charge < -0.3 is 28.6 Å². The second kappa shape index (κ2) is 9.52. The zero-order chi connectivity index (χ0) is 24.4. The van der Waals surface area contributed by atoms with Crippen molar-refractivity contribution < 1.29 is 33.3 Å². The molecule has 1 aromatic heterocycles. The Kier molecular flexibility index (Phi) is 6.51. The van der Waals surface area contributed by atoms with Gasteiger partial charge in [0.15, 0.2) is 0 Å². The number of amides is 1. The Labute approximate surface area is 200 Å². The largest absolute Gasteiger partial charge is 0.507 e. The van der Waals surface area contributed by atoms with Crippen LogP contribution in [0.15, 0.2) is 64.8 Å². The van der Waals surface area contributed by atoms with Gasteiger partial charge in [-0.2, -0.15) is 0 Å². The van der Waals surface area contributed by atoms with Crippen molar-refractivity contribution in [1.29, 1.82) is 0 Å². The molecular formula is C25H22ClNO7. The number of hydrogen-bond acceptors (Lipinski definition) is 7. The van der Waals surface area contributed by atoms with Crippen molar-refractivity contribution >= 4 is 29.1 Å². The van der Waals surface area contributed by atoms with Crippen molar-refractivity contribution in [1.82, 2.24) is 4.90 Å². The molecule has 1 saturated heterocycles. The number of aliphatic hydroxyl groups excluding tert-OH is 1. The molecule has 0 spiro atoms. The molecule has 0 bridgehead atoms. The van der Waals surface area contributed by atoms with Crippen LogP contribution in [-0.2, 0) is 16.1 Å². The van der Waals surface area contributed by atoms with Gasteiger partial charge in [0.25, 0.3) is 11.7 Å². The number of halogens is 1. The summed E-state index contributed by atoms with van der Waals surface area (Å²) < 4.78 is 21.3. The van der Waals surface area contributed by atoms with Gasteiger partial charge in [0.1, 0.15) is 28.8 Å². The molecule has 3 aromatic rings. The highest BCUT2D eigenvalue weighted by Crippen LogP contribution is 2.44. The van der Waals surface area contributed by atoms with Gasteiger partial charge in [0.05, 0.1) is 56.3 Å².